The number of aryl methyl sites for hydroxylation is 3. The second kappa shape index (κ2) is 7.56. The molecule has 1 fully saturated rings. The Kier molecular flexibility index (Phi) is 5.76. The minimum absolute atomic E-state index is 0.0347. The molecule has 0 unspecified atom stereocenters. The number of carbonyl (C=O) groups excluding carboxylic acids is 1. The molecular formula is C15H25N3O3. The molecule has 1 atom stereocenters. The van der Waals surface area contributed by atoms with Crippen LogP contribution < -0.4 is 0 Å². The van der Waals surface area contributed by atoms with Crippen LogP contribution in [0, 0.1) is 19.8 Å². The van der Waals surface area contributed by atoms with E-state index in [2.05, 4.69) is 5.10 Å². The van der Waals surface area contributed by atoms with Crippen molar-refractivity contribution in [3.8, 4) is 0 Å². The molecule has 1 aliphatic rings. The maximum Gasteiger partial charge on any atom is 0.222 e. The maximum absolute atomic E-state index is 12.3. The first-order valence-corrected chi connectivity index (χ1v) is 7.57. The fourth-order valence-corrected chi connectivity index (χ4v) is 2.66. The third-order valence-corrected chi connectivity index (χ3v) is 3.81. The molecule has 1 aliphatic heterocycles. The standard InChI is InChI=1S/C15H25N3O3/c1-12-8-13(2)18(16-12)5-3-4-15(20)17-6-7-21-11-14(9-17)10-19/h8,14,19H,3-7,9-11H2,1-2H3/t14-/m0/s1. The van der Waals surface area contributed by atoms with E-state index < -0.39 is 0 Å². The van der Waals surface area contributed by atoms with E-state index in [1.807, 2.05) is 29.5 Å². The van der Waals surface area contributed by atoms with Crippen molar-refractivity contribution in [2.75, 3.05) is 32.9 Å². The molecule has 1 aromatic rings. The fourth-order valence-electron chi connectivity index (χ4n) is 2.66. The predicted molar refractivity (Wildman–Crippen MR) is 78.9 cm³/mol. The van der Waals surface area contributed by atoms with E-state index in [0.717, 1.165) is 24.4 Å². The second-order valence-electron chi connectivity index (χ2n) is 5.72. The lowest BCUT2D eigenvalue weighted by molar-refractivity contribution is -0.131. The highest BCUT2D eigenvalue weighted by Crippen LogP contribution is 2.10. The third-order valence-electron chi connectivity index (χ3n) is 3.81. The molecule has 118 valence electrons. The van der Waals surface area contributed by atoms with Gasteiger partial charge in [0.2, 0.25) is 5.91 Å². The average molecular weight is 295 g/mol. The van der Waals surface area contributed by atoms with E-state index in [-0.39, 0.29) is 18.4 Å². The molecule has 0 radical (unpaired) electrons. The average Bonchev–Trinajstić information content (AvgIpc) is 2.68. The van der Waals surface area contributed by atoms with Gasteiger partial charge in [0.1, 0.15) is 0 Å². The van der Waals surface area contributed by atoms with E-state index in [1.54, 1.807) is 0 Å². The Labute approximate surface area is 125 Å². The molecule has 0 saturated carbocycles. The molecule has 2 rings (SSSR count). The van der Waals surface area contributed by atoms with Crippen molar-refractivity contribution in [2.24, 2.45) is 5.92 Å². The van der Waals surface area contributed by atoms with E-state index in [9.17, 15) is 9.90 Å². The highest BCUT2D eigenvalue weighted by molar-refractivity contribution is 5.76. The summed E-state index contributed by atoms with van der Waals surface area (Å²) in [6.45, 7) is 7.13. The van der Waals surface area contributed by atoms with Gasteiger partial charge in [-0.25, -0.2) is 0 Å². The Hall–Kier alpha value is -1.40. The molecule has 0 aliphatic carbocycles. The Bertz CT molecular complexity index is 473. The number of aromatic nitrogens is 2. The molecule has 0 bridgehead atoms. The van der Waals surface area contributed by atoms with Crippen LogP contribution in [0.5, 0.6) is 0 Å². The summed E-state index contributed by atoms with van der Waals surface area (Å²) in [5.41, 5.74) is 2.14. The molecule has 6 heteroatoms. The number of aliphatic hydroxyl groups excluding tert-OH is 1. The van der Waals surface area contributed by atoms with Crippen LogP contribution in [0.2, 0.25) is 0 Å². The molecule has 0 spiro atoms. The van der Waals surface area contributed by atoms with Gasteiger partial charge in [-0.15, -0.1) is 0 Å². The zero-order chi connectivity index (χ0) is 15.2. The second-order valence-corrected chi connectivity index (χ2v) is 5.72. The lowest BCUT2D eigenvalue weighted by Crippen LogP contribution is -2.36. The normalized spacial score (nSPS) is 19.6. The van der Waals surface area contributed by atoms with Gasteiger partial charge in [-0.05, 0) is 26.3 Å². The van der Waals surface area contributed by atoms with Gasteiger partial charge < -0.3 is 14.7 Å². The molecular weight excluding hydrogens is 270 g/mol. The number of aliphatic hydroxyl groups is 1. The summed E-state index contributed by atoms with van der Waals surface area (Å²) in [6.07, 6.45) is 1.29. The number of ether oxygens (including phenoxy) is 1. The summed E-state index contributed by atoms with van der Waals surface area (Å²) in [6, 6.07) is 2.04. The number of carbonyl (C=O) groups is 1. The van der Waals surface area contributed by atoms with Crippen LogP contribution in [-0.2, 0) is 16.1 Å². The largest absolute Gasteiger partial charge is 0.396 e. The van der Waals surface area contributed by atoms with Crippen molar-refractivity contribution in [2.45, 2.75) is 33.2 Å². The third kappa shape index (κ3) is 4.54. The molecule has 2 heterocycles. The zero-order valence-electron chi connectivity index (χ0n) is 12.9. The van der Waals surface area contributed by atoms with E-state index >= 15 is 0 Å². The van der Waals surface area contributed by atoms with Crippen LogP contribution >= 0.6 is 0 Å². The van der Waals surface area contributed by atoms with Gasteiger partial charge in [-0.3, -0.25) is 9.48 Å². The van der Waals surface area contributed by atoms with Gasteiger partial charge in [0.05, 0.1) is 18.9 Å². The monoisotopic (exact) mass is 295 g/mol. The van der Waals surface area contributed by atoms with Crippen molar-refractivity contribution >= 4 is 5.91 Å². The van der Waals surface area contributed by atoms with Crippen LogP contribution in [0.4, 0.5) is 0 Å². The minimum atomic E-state index is 0.0347. The van der Waals surface area contributed by atoms with E-state index in [4.69, 9.17) is 4.74 Å². The summed E-state index contributed by atoms with van der Waals surface area (Å²) in [5, 5.41) is 13.6. The molecule has 1 aromatic heterocycles. The SMILES string of the molecule is Cc1cc(C)n(CCCC(=O)N2CCOC[C@H](CO)C2)n1. The van der Waals surface area contributed by atoms with Gasteiger partial charge in [0.25, 0.3) is 0 Å². The van der Waals surface area contributed by atoms with Crippen molar-refractivity contribution in [3.63, 3.8) is 0 Å². The zero-order valence-corrected chi connectivity index (χ0v) is 12.9. The topological polar surface area (TPSA) is 67.6 Å². The number of rotatable bonds is 5. The smallest absolute Gasteiger partial charge is 0.222 e. The molecule has 0 aromatic carbocycles. The summed E-state index contributed by atoms with van der Waals surface area (Å²) in [7, 11) is 0. The molecule has 6 nitrogen and oxygen atoms in total. The van der Waals surface area contributed by atoms with Gasteiger partial charge in [0.15, 0.2) is 0 Å². The predicted octanol–water partition coefficient (Wildman–Crippen LogP) is 0.747. The highest BCUT2D eigenvalue weighted by Gasteiger charge is 2.21. The van der Waals surface area contributed by atoms with Gasteiger partial charge in [-0.2, -0.15) is 5.10 Å². The van der Waals surface area contributed by atoms with Crippen LogP contribution in [0.1, 0.15) is 24.2 Å². The summed E-state index contributed by atoms with van der Waals surface area (Å²) in [4.78, 5) is 14.1. The summed E-state index contributed by atoms with van der Waals surface area (Å²) < 4.78 is 7.35. The van der Waals surface area contributed by atoms with Crippen molar-refractivity contribution in [1.29, 1.82) is 0 Å². The highest BCUT2D eigenvalue weighted by atomic mass is 16.5. The number of nitrogens with zero attached hydrogens (tertiary/aromatic N) is 3. The lowest BCUT2D eigenvalue weighted by Gasteiger charge is -2.22. The van der Waals surface area contributed by atoms with Crippen LogP contribution in [-0.4, -0.2) is 58.6 Å². The number of hydrogen-bond donors (Lipinski definition) is 1. The Morgan fingerprint density at radius 1 is 1.52 bits per heavy atom. The lowest BCUT2D eigenvalue weighted by atomic mass is 10.1. The summed E-state index contributed by atoms with van der Waals surface area (Å²) >= 11 is 0. The minimum Gasteiger partial charge on any atom is -0.396 e. The van der Waals surface area contributed by atoms with Gasteiger partial charge >= 0.3 is 0 Å². The van der Waals surface area contributed by atoms with Crippen molar-refractivity contribution < 1.29 is 14.6 Å². The molecule has 1 amide bonds. The molecule has 1 N–H and O–H groups in total. The maximum atomic E-state index is 12.3. The Morgan fingerprint density at radius 3 is 3.00 bits per heavy atom. The number of amides is 1. The molecule has 1 saturated heterocycles. The number of hydrogen-bond acceptors (Lipinski definition) is 4. The van der Waals surface area contributed by atoms with E-state index in [0.29, 0.717) is 32.7 Å². The van der Waals surface area contributed by atoms with Gasteiger partial charge in [0, 0.05) is 44.3 Å². The van der Waals surface area contributed by atoms with Crippen LogP contribution in [0.25, 0.3) is 0 Å². The Morgan fingerprint density at radius 2 is 2.33 bits per heavy atom. The first-order chi connectivity index (χ1) is 10.1. The first-order valence-electron chi connectivity index (χ1n) is 7.57. The quantitative estimate of drug-likeness (QED) is 0.870. The molecule has 21 heavy (non-hydrogen) atoms. The summed E-state index contributed by atoms with van der Waals surface area (Å²) in [5.74, 6) is 0.174. The Balaban J connectivity index is 1.79. The van der Waals surface area contributed by atoms with Crippen LogP contribution in [0.3, 0.4) is 0 Å². The van der Waals surface area contributed by atoms with Crippen molar-refractivity contribution in [1.82, 2.24) is 14.7 Å². The van der Waals surface area contributed by atoms with Crippen LogP contribution in [0.15, 0.2) is 6.07 Å². The van der Waals surface area contributed by atoms with Crippen molar-refractivity contribution in [3.05, 3.63) is 17.5 Å². The van der Waals surface area contributed by atoms with E-state index in [1.165, 1.54) is 0 Å². The fraction of sp³-hybridized carbons (Fsp3) is 0.733. The van der Waals surface area contributed by atoms with Gasteiger partial charge in [-0.1, -0.05) is 0 Å². The first kappa shape index (κ1) is 16.0.